The second-order valence-corrected chi connectivity index (χ2v) is 11.3. The number of rotatable bonds is 10. The van der Waals surface area contributed by atoms with Gasteiger partial charge in [0.25, 0.3) is 5.91 Å². The van der Waals surface area contributed by atoms with E-state index in [1.54, 1.807) is 19.1 Å². The molecule has 0 saturated carbocycles. The number of amides is 3. The minimum Gasteiger partial charge on any atom is -0.508 e. The van der Waals surface area contributed by atoms with Gasteiger partial charge < -0.3 is 25.2 Å². The molecule has 11 nitrogen and oxygen atoms in total. The van der Waals surface area contributed by atoms with Gasteiger partial charge in [0, 0.05) is 30.7 Å². The zero-order chi connectivity index (χ0) is 29.0. The van der Waals surface area contributed by atoms with E-state index in [9.17, 15) is 29.1 Å². The summed E-state index contributed by atoms with van der Waals surface area (Å²) < 4.78 is 10.4. The lowest BCUT2D eigenvalue weighted by molar-refractivity contribution is -0.148. The SMILES string of the molecule is CCOC(=O)C(Cc1ccc(O)cc1)NC(=O)C1=C(COC(C)=O)C(NC(C)=O)S[C@@H]2[C@H](c3cccs3)C(=O)N12. The molecule has 2 aliphatic heterocycles. The summed E-state index contributed by atoms with van der Waals surface area (Å²) >= 11 is 2.69. The first-order valence-corrected chi connectivity index (χ1v) is 14.3. The minimum atomic E-state index is -1.13. The number of aromatic hydroxyl groups is 1. The van der Waals surface area contributed by atoms with E-state index < -0.39 is 40.6 Å². The Labute approximate surface area is 238 Å². The van der Waals surface area contributed by atoms with E-state index in [1.165, 1.54) is 54.0 Å². The van der Waals surface area contributed by atoms with Gasteiger partial charge in [0.15, 0.2) is 0 Å². The highest BCUT2D eigenvalue weighted by molar-refractivity contribution is 8.00. The summed E-state index contributed by atoms with van der Waals surface area (Å²) in [5, 5.41) is 15.7. The molecule has 0 bridgehead atoms. The van der Waals surface area contributed by atoms with Crippen LogP contribution in [-0.2, 0) is 39.9 Å². The maximum Gasteiger partial charge on any atom is 0.328 e. The molecule has 1 aromatic carbocycles. The van der Waals surface area contributed by atoms with E-state index in [1.807, 2.05) is 17.5 Å². The molecule has 2 aromatic rings. The first kappa shape index (κ1) is 29.2. The number of carbonyl (C=O) groups is 5. The molecule has 2 unspecified atom stereocenters. The predicted molar refractivity (Wildman–Crippen MR) is 147 cm³/mol. The number of hydrogen-bond donors (Lipinski definition) is 3. The van der Waals surface area contributed by atoms with Crippen LogP contribution in [0.4, 0.5) is 0 Å². The molecule has 2 aliphatic rings. The van der Waals surface area contributed by atoms with Crippen LogP contribution in [0, 0.1) is 0 Å². The molecule has 0 aliphatic carbocycles. The Bertz CT molecular complexity index is 1330. The number of carbonyl (C=O) groups excluding carboxylic acids is 5. The number of phenols is 1. The van der Waals surface area contributed by atoms with Gasteiger partial charge in [0.2, 0.25) is 11.8 Å². The van der Waals surface area contributed by atoms with Gasteiger partial charge >= 0.3 is 11.9 Å². The van der Waals surface area contributed by atoms with Crippen molar-refractivity contribution in [3.05, 3.63) is 63.5 Å². The third-order valence-electron chi connectivity index (χ3n) is 6.26. The van der Waals surface area contributed by atoms with Crippen LogP contribution in [0.5, 0.6) is 5.75 Å². The number of nitrogens with one attached hydrogen (secondary N) is 2. The quantitative estimate of drug-likeness (QED) is 0.280. The number of β-lactam (4-membered cyclic amide) rings is 1. The van der Waals surface area contributed by atoms with Gasteiger partial charge in [-0.2, -0.15) is 0 Å². The Kier molecular flexibility index (Phi) is 9.15. The van der Waals surface area contributed by atoms with E-state index in [0.717, 1.165) is 4.88 Å². The standard InChI is InChI=1S/C27H29N3O8S2/c1-4-37-27(36)19(12-16-7-9-17(33)10-8-16)29-23(34)22-18(13-38-15(3)32)24(28-14(2)31)40-26-21(25(35)30(22)26)20-6-5-11-39-20/h5-11,19,21,24,26,33H,4,12-13H2,1-3H3,(H,28,31)(H,29,34)/t19?,21-,24?,26-/m1/s1. The number of thioether (sulfide) groups is 1. The van der Waals surface area contributed by atoms with E-state index >= 15 is 0 Å². The number of fused-ring (bicyclic) bond motifs is 1. The summed E-state index contributed by atoms with van der Waals surface area (Å²) in [5.74, 6) is -3.22. The van der Waals surface area contributed by atoms with Crippen LogP contribution in [0.3, 0.4) is 0 Å². The topological polar surface area (TPSA) is 151 Å². The zero-order valence-electron chi connectivity index (χ0n) is 22.0. The van der Waals surface area contributed by atoms with E-state index in [4.69, 9.17) is 9.47 Å². The molecule has 3 amide bonds. The van der Waals surface area contributed by atoms with Crippen molar-refractivity contribution in [2.24, 2.45) is 0 Å². The van der Waals surface area contributed by atoms with Crippen LogP contribution >= 0.6 is 23.1 Å². The molecular weight excluding hydrogens is 558 g/mol. The van der Waals surface area contributed by atoms with Crippen LogP contribution < -0.4 is 10.6 Å². The second kappa shape index (κ2) is 12.6. The van der Waals surface area contributed by atoms with Crippen LogP contribution in [-0.4, -0.2) is 69.7 Å². The molecule has 0 spiro atoms. The third-order valence-corrected chi connectivity index (χ3v) is 8.65. The Morgan fingerprint density at radius 2 is 1.82 bits per heavy atom. The van der Waals surface area contributed by atoms with Crippen molar-refractivity contribution in [1.82, 2.24) is 15.5 Å². The lowest BCUT2D eigenvalue weighted by atomic mass is 9.93. The molecule has 3 heterocycles. The first-order chi connectivity index (χ1) is 19.1. The van der Waals surface area contributed by atoms with Gasteiger partial charge in [0.1, 0.15) is 40.8 Å². The Hall–Kier alpha value is -3.84. The fourth-order valence-corrected chi connectivity index (χ4v) is 7.03. The van der Waals surface area contributed by atoms with Crippen molar-refractivity contribution in [1.29, 1.82) is 0 Å². The monoisotopic (exact) mass is 587 g/mol. The van der Waals surface area contributed by atoms with Gasteiger partial charge in [0.05, 0.1) is 6.61 Å². The van der Waals surface area contributed by atoms with Crippen LogP contribution in [0.2, 0.25) is 0 Å². The van der Waals surface area contributed by atoms with Crippen molar-refractivity contribution in [3.63, 3.8) is 0 Å². The summed E-state index contributed by atoms with van der Waals surface area (Å²) in [7, 11) is 0. The molecule has 40 heavy (non-hydrogen) atoms. The van der Waals surface area contributed by atoms with E-state index in [0.29, 0.717) is 5.56 Å². The van der Waals surface area contributed by atoms with Gasteiger partial charge in [-0.1, -0.05) is 18.2 Å². The molecule has 1 aromatic heterocycles. The summed E-state index contributed by atoms with van der Waals surface area (Å²) in [5.41, 5.74) is 0.784. The molecule has 1 saturated heterocycles. The molecule has 13 heteroatoms. The van der Waals surface area contributed by atoms with Gasteiger partial charge in [-0.15, -0.1) is 23.1 Å². The lowest BCUT2D eigenvalue weighted by Gasteiger charge is -2.51. The lowest BCUT2D eigenvalue weighted by Crippen LogP contribution is -2.63. The van der Waals surface area contributed by atoms with Crippen molar-refractivity contribution < 1.29 is 38.6 Å². The van der Waals surface area contributed by atoms with E-state index in [-0.39, 0.29) is 48.5 Å². The number of benzene rings is 1. The third kappa shape index (κ3) is 6.31. The predicted octanol–water partition coefficient (Wildman–Crippen LogP) is 2.02. The summed E-state index contributed by atoms with van der Waals surface area (Å²) in [6.45, 7) is 3.91. The van der Waals surface area contributed by atoms with Crippen LogP contribution in [0.25, 0.3) is 0 Å². The molecule has 4 rings (SSSR count). The van der Waals surface area contributed by atoms with Gasteiger partial charge in [-0.3, -0.25) is 24.1 Å². The highest BCUT2D eigenvalue weighted by atomic mass is 32.2. The van der Waals surface area contributed by atoms with Crippen molar-refractivity contribution in [3.8, 4) is 5.75 Å². The number of phenolic OH excluding ortho intramolecular Hbond substituents is 1. The smallest absolute Gasteiger partial charge is 0.328 e. The van der Waals surface area contributed by atoms with E-state index in [2.05, 4.69) is 10.6 Å². The van der Waals surface area contributed by atoms with Crippen molar-refractivity contribution in [2.45, 2.75) is 49.9 Å². The number of nitrogens with zero attached hydrogens (tertiary/aromatic N) is 1. The summed E-state index contributed by atoms with van der Waals surface area (Å²) in [6.07, 6.45) is 0.0521. The molecule has 4 atom stereocenters. The average Bonchev–Trinajstić information content (AvgIpc) is 3.41. The van der Waals surface area contributed by atoms with Crippen LogP contribution in [0.15, 0.2) is 53.0 Å². The number of esters is 2. The number of hydrogen-bond acceptors (Lipinski definition) is 10. The maximum absolute atomic E-state index is 13.9. The maximum atomic E-state index is 13.9. The fourth-order valence-electron chi connectivity index (χ4n) is 4.49. The Morgan fingerprint density at radius 3 is 2.42 bits per heavy atom. The normalized spacial score (nSPS) is 20.6. The Morgan fingerprint density at radius 1 is 1.10 bits per heavy atom. The average molecular weight is 588 g/mol. The number of thiophene rings is 1. The molecular formula is C27H29N3O8S2. The number of ether oxygens (including phenoxy) is 2. The minimum absolute atomic E-state index is 0.0482. The van der Waals surface area contributed by atoms with Crippen molar-refractivity contribution >= 4 is 52.8 Å². The Balaban J connectivity index is 1.72. The van der Waals surface area contributed by atoms with Crippen molar-refractivity contribution in [2.75, 3.05) is 13.2 Å². The molecule has 212 valence electrons. The molecule has 1 fully saturated rings. The highest BCUT2D eigenvalue weighted by Gasteiger charge is 2.56. The summed E-state index contributed by atoms with van der Waals surface area (Å²) in [4.78, 5) is 66.2. The van der Waals surface area contributed by atoms with Gasteiger partial charge in [-0.05, 0) is 36.1 Å². The largest absolute Gasteiger partial charge is 0.508 e. The second-order valence-electron chi connectivity index (χ2n) is 9.11. The zero-order valence-corrected chi connectivity index (χ0v) is 23.7. The fraction of sp³-hybridized carbons (Fsp3) is 0.370. The molecule has 0 radical (unpaired) electrons. The van der Waals surface area contributed by atoms with Gasteiger partial charge in [-0.25, -0.2) is 4.79 Å². The summed E-state index contributed by atoms with van der Waals surface area (Å²) in [6, 6.07) is 8.69. The first-order valence-electron chi connectivity index (χ1n) is 12.5. The highest BCUT2D eigenvalue weighted by Crippen LogP contribution is 2.51. The molecule has 3 N–H and O–H groups in total. The van der Waals surface area contributed by atoms with Crippen LogP contribution in [0.1, 0.15) is 37.1 Å².